The number of H-pyrrole nitrogens is 1. The summed E-state index contributed by atoms with van der Waals surface area (Å²) >= 11 is 8.52. The Morgan fingerprint density at radius 3 is 2.81 bits per heavy atom. The first kappa shape index (κ1) is 22.6. The van der Waals surface area contributed by atoms with Crippen molar-refractivity contribution in [3.63, 3.8) is 0 Å². The number of nitrogens with zero attached hydrogens (tertiary/aromatic N) is 2. The molecule has 11 heteroatoms. The van der Waals surface area contributed by atoms with E-state index in [9.17, 15) is 9.59 Å². The molecular weight excluding hydrogens is 472 g/mol. The number of halogens is 1. The van der Waals surface area contributed by atoms with Crippen LogP contribution < -0.4 is 10.1 Å². The molecular formula is C21H21ClN4O4S2. The number of carbonyl (C=O) groups is 2. The van der Waals surface area contributed by atoms with Crippen molar-refractivity contribution in [1.82, 2.24) is 15.2 Å². The van der Waals surface area contributed by atoms with Gasteiger partial charge in [0.05, 0.1) is 18.4 Å². The predicted octanol–water partition coefficient (Wildman–Crippen LogP) is 4.49. The largest absolute Gasteiger partial charge is 0.486 e. The third-order valence-corrected chi connectivity index (χ3v) is 7.15. The lowest BCUT2D eigenvalue weighted by Crippen LogP contribution is -2.16. The van der Waals surface area contributed by atoms with Gasteiger partial charge in [-0.15, -0.1) is 16.4 Å². The van der Waals surface area contributed by atoms with Gasteiger partial charge in [0.25, 0.3) is 0 Å². The molecule has 4 rings (SSSR count). The number of amides is 1. The maximum Gasteiger partial charge on any atom is 0.341 e. The van der Waals surface area contributed by atoms with Crippen molar-refractivity contribution in [3.8, 4) is 5.75 Å². The van der Waals surface area contributed by atoms with Crippen LogP contribution >= 0.6 is 34.7 Å². The van der Waals surface area contributed by atoms with Gasteiger partial charge in [-0.25, -0.2) is 9.78 Å². The van der Waals surface area contributed by atoms with E-state index in [0.29, 0.717) is 32.3 Å². The van der Waals surface area contributed by atoms with Gasteiger partial charge in [0, 0.05) is 9.90 Å². The Morgan fingerprint density at radius 2 is 2.03 bits per heavy atom. The van der Waals surface area contributed by atoms with E-state index in [1.165, 1.54) is 30.2 Å². The van der Waals surface area contributed by atoms with Crippen molar-refractivity contribution in [2.75, 3.05) is 18.2 Å². The topological polar surface area (TPSA) is 106 Å². The van der Waals surface area contributed by atoms with E-state index in [2.05, 4.69) is 20.5 Å². The van der Waals surface area contributed by atoms with E-state index in [-0.39, 0.29) is 18.3 Å². The van der Waals surface area contributed by atoms with Crippen molar-refractivity contribution in [2.24, 2.45) is 0 Å². The molecule has 0 aliphatic heterocycles. The fourth-order valence-electron chi connectivity index (χ4n) is 3.35. The molecule has 0 atom stereocenters. The first-order valence-corrected chi connectivity index (χ1v) is 12.2. The van der Waals surface area contributed by atoms with Gasteiger partial charge in [-0.2, -0.15) is 0 Å². The van der Waals surface area contributed by atoms with Crippen LogP contribution in [0.4, 0.5) is 5.00 Å². The average molecular weight is 493 g/mol. The normalized spacial score (nSPS) is 12.8. The van der Waals surface area contributed by atoms with Crippen molar-refractivity contribution in [3.05, 3.63) is 51.1 Å². The van der Waals surface area contributed by atoms with Gasteiger partial charge in [0.1, 0.15) is 17.4 Å². The zero-order valence-corrected chi connectivity index (χ0v) is 19.7. The highest BCUT2D eigenvalue weighted by Crippen LogP contribution is 2.38. The van der Waals surface area contributed by atoms with E-state index >= 15 is 0 Å². The van der Waals surface area contributed by atoms with Crippen LogP contribution in [0.5, 0.6) is 5.75 Å². The van der Waals surface area contributed by atoms with Crippen LogP contribution in [0.1, 0.15) is 39.5 Å². The molecule has 2 heterocycles. The standard InChI is InChI=1S/C21H21ClN4O4S2/c1-29-20(28)18-14-4-2-3-5-15(14)32-19(18)24-17(27)11-31-21-23-16(25-26-21)10-30-13-8-6-12(22)7-9-13/h6-9H,2-5,10-11H2,1H3,(H,24,27)(H,23,25,26). The van der Waals surface area contributed by atoms with Crippen molar-refractivity contribution in [1.29, 1.82) is 0 Å². The number of aryl methyl sites for hydroxylation is 1. The van der Waals surface area contributed by atoms with E-state index in [1.54, 1.807) is 24.3 Å². The minimum Gasteiger partial charge on any atom is -0.486 e. The van der Waals surface area contributed by atoms with Crippen LogP contribution in [-0.2, 0) is 29.0 Å². The zero-order valence-electron chi connectivity index (χ0n) is 17.3. The van der Waals surface area contributed by atoms with Crippen molar-refractivity contribution < 1.29 is 19.1 Å². The number of anilines is 1. The van der Waals surface area contributed by atoms with Crippen LogP contribution in [0.15, 0.2) is 29.4 Å². The first-order chi connectivity index (χ1) is 15.5. The molecule has 0 fully saturated rings. The molecule has 0 saturated carbocycles. The quantitative estimate of drug-likeness (QED) is 0.352. The molecule has 0 saturated heterocycles. The third kappa shape index (κ3) is 5.43. The van der Waals surface area contributed by atoms with Gasteiger partial charge >= 0.3 is 5.97 Å². The lowest BCUT2D eigenvalue weighted by Gasteiger charge is -2.11. The smallest absolute Gasteiger partial charge is 0.341 e. The van der Waals surface area contributed by atoms with E-state index in [1.807, 2.05) is 0 Å². The first-order valence-electron chi connectivity index (χ1n) is 9.98. The highest BCUT2D eigenvalue weighted by Gasteiger charge is 2.27. The number of ether oxygens (including phenoxy) is 2. The van der Waals surface area contributed by atoms with Crippen LogP contribution in [0, 0.1) is 0 Å². The third-order valence-electron chi connectivity index (χ3n) is 4.85. The number of esters is 1. The molecule has 1 aliphatic carbocycles. The fraction of sp³-hybridized carbons (Fsp3) is 0.333. The number of aromatic nitrogens is 3. The molecule has 0 spiro atoms. The van der Waals surface area contributed by atoms with E-state index < -0.39 is 5.97 Å². The Kier molecular flexibility index (Phi) is 7.33. The van der Waals surface area contributed by atoms with Crippen molar-refractivity contribution >= 4 is 51.6 Å². The Morgan fingerprint density at radius 1 is 1.25 bits per heavy atom. The molecule has 1 aliphatic rings. The summed E-state index contributed by atoms with van der Waals surface area (Å²) < 4.78 is 10.6. The number of hydrogen-bond donors (Lipinski definition) is 2. The van der Waals surface area contributed by atoms with Gasteiger partial charge in [0.15, 0.2) is 5.82 Å². The van der Waals surface area contributed by atoms with E-state index in [0.717, 1.165) is 36.1 Å². The second-order valence-electron chi connectivity index (χ2n) is 7.05. The van der Waals surface area contributed by atoms with Crippen LogP contribution in [0.3, 0.4) is 0 Å². The number of fused-ring (bicyclic) bond motifs is 1. The van der Waals surface area contributed by atoms with E-state index in [4.69, 9.17) is 21.1 Å². The van der Waals surface area contributed by atoms with Crippen LogP contribution in [0.2, 0.25) is 5.02 Å². The summed E-state index contributed by atoms with van der Waals surface area (Å²) in [5.41, 5.74) is 1.50. The Bertz CT molecular complexity index is 1110. The van der Waals surface area contributed by atoms with Crippen molar-refractivity contribution in [2.45, 2.75) is 37.4 Å². The van der Waals surface area contributed by atoms with Gasteiger partial charge in [-0.3, -0.25) is 9.89 Å². The molecule has 2 N–H and O–H groups in total. The molecule has 168 valence electrons. The summed E-state index contributed by atoms with van der Waals surface area (Å²) in [4.78, 5) is 30.3. The molecule has 2 aromatic heterocycles. The maximum atomic E-state index is 12.5. The predicted molar refractivity (Wildman–Crippen MR) is 124 cm³/mol. The number of benzene rings is 1. The molecule has 3 aromatic rings. The highest BCUT2D eigenvalue weighted by molar-refractivity contribution is 7.99. The summed E-state index contributed by atoms with van der Waals surface area (Å²) in [5, 5.41) is 11.4. The lowest BCUT2D eigenvalue weighted by molar-refractivity contribution is -0.113. The minimum absolute atomic E-state index is 0.110. The number of rotatable bonds is 8. The summed E-state index contributed by atoms with van der Waals surface area (Å²) in [6.07, 6.45) is 3.88. The number of methoxy groups -OCH3 is 1. The Hall–Kier alpha value is -2.56. The second-order valence-corrected chi connectivity index (χ2v) is 9.53. The summed E-state index contributed by atoms with van der Waals surface area (Å²) in [7, 11) is 1.36. The fourth-order valence-corrected chi connectivity index (χ4v) is 5.39. The Labute approximate surface area is 198 Å². The van der Waals surface area contributed by atoms with Crippen LogP contribution in [-0.4, -0.2) is 39.9 Å². The number of hydrogen-bond acceptors (Lipinski definition) is 8. The number of thioether (sulfide) groups is 1. The molecule has 32 heavy (non-hydrogen) atoms. The molecule has 0 unspecified atom stereocenters. The maximum absolute atomic E-state index is 12.5. The second kappa shape index (κ2) is 10.4. The highest BCUT2D eigenvalue weighted by atomic mass is 35.5. The lowest BCUT2D eigenvalue weighted by atomic mass is 9.95. The molecule has 1 amide bonds. The van der Waals surface area contributed by atoms with Crippen LogP contribution in [0.25, 0.3) is 0 Å². The van der Waals surface area contributed by atoms with Gasteiger partial charge in [0.2, 0.25) is 11.1 Å². The van der Waals surface area contributed by atoms with Gasteiger partial charge < -0.3 is 14.8 Å². The number of aromatic amines is 1. The summed E-state index contributed by atoms with van der Waals surface area (Å²) in [6, 6.07) is 7.02. The molecule has 0 radical (unpaired) electrons. The van der Waals surface area contributed by atoms with Gasteiger partial charge in [-0.05, 0) is 55.5 Å². The van der Waals surface area contributed by atoms with Gasteiger partial charge in [-0.1, -0.05) is 23.4 Å². The molecule has 8 nitrogen and oxygen atoms in total. The SMILES string of the molecule is COC(=O)c1c(NC(=O)CSc2n[nH]c(COc3ccc(Cl)cc3)n2)sc2c1CCCC2. The number of thiophene rings is 1. The Balaban J connectivity index is 1.32. The minimum atomic E-state index is -0.411. The average Bonchev–Trinajstić information content (AvgIpc) is 3.40. The number of nitrogens with one attached hydrogen (secondary N) is 2. The number of carbonyl (C=O) groups excluding carboxylic acids is 2. The molecule has 1 aromatic carbocycles. The summed E-state index contributed by atoms with van der Waals surface area (Å²) in [6.45, 7) is 0.213. The monoisotopic (exact) mass is 492 g/mol. The zero-order chi connectivity index (χ0) is 22.5. The summed E-state index contributed by atoms with van der Waals surface area (Å²) in [5.74, 6) is 0.675. The molecule has 0 bridgehead atoms.